The molecule has 3 rings (SSSR count). The number of methoxy groups -OCH3 is 1. The molecule has 1 aromatic carbocycles. The van der Waals surface area contributed by atoms with Crippen LogP contribution in [0.4, 0.5) is 5.69 Å². The van der Waals surface area contributed by atoms with Gasteiger partial charge in [0.2, 0.25) is 5.91 Å². The van der Waals surface area contributed by atoms with Crippen molar-refractivity contribution in [2.24, 2.45) is 23.7 Å². The van der Waals surface area contributed by atoms with Crippen molar-refractivity contribution in [3.05, 3.63) is 35.9 Å². The minimum absolute atomic E-state index is 0.00268. The van der Waals surface area contributed by atoms with Crippen LogP contribution in [0.3, 0.4) is 0 Å². The number of ether oxygens (including phenoxy) is 1. The number of allylic oxidation sites excluding steroid dienone is 2. The molecule has 5 nitrogen and oxygen atoms in total. The third-order valence-electron chi connectivity index (χ3n) is 5.37. The van der Waals surface area contributed by atoms with E-state index in [-0.39, 0.29) is 23.2 Å². The monoisotopic (exact) mass is 343 g/mol. The van der Waals surface area contributed by atoms with Gasteiger partial charge in [-0.05, 0) is 41.4 Å². The first-order valence-corrected chi connectivity index (χ1v) is 8.63. The minimum atomic E-state index is -0.896. The molecule has 0 saturated heterocycles. The summed E-state index contributed by atoms with van der Waals surface area (Å²) in [6.45, 7) is 6.30. The number of nitrogens with one attached hydrogen (secondary N) is 1. The number of benzene rings is 1. The number of fused-ring (bicyclic) bond motifs is 2. The van der Waals surface area contributed by atoms with Crippen molar-refractivity contribution in [3.8, 4) is 5.75 Å². The number of carboxylic acids is 1. The Morgan fingerprint density at radius 2 is 1.80 bits per heavy atom. The average Bonchev–Trinajstić information content (AvgIpc) is 3.14. The number of aliphatic carboxylic acids is 1. The topological polar surface area (TPSA) is 75.6 Å². The van der Waals surface area contributed by atoms with E-state index in [1.165, 1.54) is 0 Å². The maximum absolute atomic E-state index is 12.9. The molecule has 2 aliphatic carbocycles. The zero-order valence-corrected chi connectivity index (χ0v) is 15.1. The first-order valence-electron chi connectivity index (χ1n) is 8.63. The van der Waals surface area contributed by atoms with Crippen LogP contribution in [0.1, 0.15) is 32.8 Å². The maximum Gasteiger partial charge on any atom is 0.307 e. The third-order valence-corrected chi connectivity index (χ3v) is 5.37. The van der Waals surface area contributed by atoms with Crippen molar-refractivity contribution >= 4 is 17.6 Å². The van der Waals surface area contributed by atoms with Gasteiger partial charge in [-0.3, -0.25) is 9.59 Å². The maximum atomic E-state index is 12.9. The van der Waals surface area contributed by atoms with Crippen molar-refractivity contribution in [1.82, 2.24) is 0 Å². The van der Waals surface area contributed by atoms with E-state index in [1.807, 2.05) is 30.4 Å². The lowest BCUT2D eigenvalue weighted by atomic mass is 9.82. The second kappa shape index (κ2) is 6.21. The number of amides is 1. The van der Waals surface area contributed by atoms with Crippen LogP contribution in [0.2, 0.25) is 0 Å². The molecule has 134 valence electrons. The van der Waals surface area contributed by atoms with Gasteiger partial charge in [0.05, 0.1) is 24.6 Å². The van der Waals surface area contributed by atoms with Gasteiger partial charge in [0.1, 0.15) is 5.75 Å². The molecule has 4 atom stereocenters. The molecule has 2 bridgehead atoms. The summed E-state index contributed by atoms with van der Waals surface area (Å²) in [6, 6.07) is 5.73. The molecular weight excluding hydrogens is 318 g/mol. The predicted octanol–water partition coefficient (Wildman–Crippen LogP) is 3.45. The Kier molecular flexibility index (Phi) is 4.35. The van der Waals surface area contributed by atoms with Crippen LogP contribution in [0.5, 0.6) is 5.75 Å². The van der Waals surface area contributed by atoms with Crippen LogP contribution in [0, 0.1) is 23.7 Å². The van der Waals surface area contributed by atoms with Gasteiger partial charge in [0.15, 0.2) is 0 Å². The number of hydrogen-bond acceptors (Lipinski definition) is 3. The summed E-state index contributed by atoms with van der Waals surface area (Å²) in [5.41, 5.74) is 1.60. The molecule has 1 aromatic rings. The highest BCUT2D eigenvalue weighted by Crippen LogP contribution is 2.48. The summed E-state index contributed by atoms with van der Waals surface area (Å²) >= 11 is 0. The fourth-order valence-electron chi connectivity index (χ4n) is 4.00. The molecule has 0 unspecified atom stereocenters. The quantitative estimate of drug-likeness (QED) is 0.821. The number of hydrogen-bond donors (Lipinski definition) is 2. The highest BCUT2D eigenvalue weighted by Gasteiger charge is 2.51. The number of carbonyl (C=O) groups excluding carboxylic acids is 1. The van der Waals surface area contributed by atoms with Crippen molar-refractivity contribution in [3.63, 3.8) is 0 Å². The SMILES string of the molecule is COc1ccc(C(C)(C)C)cc1NC(=O)[C@@H]1[C@@H](C(=O)O)[C@H]2C=C[C@H]1C2. The number of carboxylic acid groups (broad SMARTS) is 1. The van der Waals surface area contributed by atoms with E-state index in [2.05, 4.69) is 26.1 Å². The van der Waals surface area contributed by atoms with Crippen molar-refractivity contribution in [2.45, 2.75) is 32.6 Å². The van der Waals surface area contributed by atoms with E-state index in [4.69, 9.17) is 4.74 Å². The standard InChI is InChI=1S/C20H25NO4/c1-20(2,3)13-7-8-15(25-4)14(10-13)21-18(22)16-11-5-6-12(9-11)17(16)19(23)24/h5-8,10-12,16-17H,9H2,1-4H3,(H,21,22)(H,23,24)/t11-,12-,16-,17-/m0/s1. The number of carbonyl (C=O) groups is 2. The lowest BCUT2D eigenvalue weighted by Crippen LogP contribution is -2.36. The average molecular weight is 343 g/mol. The highest BCUT2D eigenvalue weighted by atomic mass is 16.5. The number of rotatable bonds is 4. The first kappa shape index (κ1) is 17.5. The Balaban J connectivity index is 1.88. The molecule has 5 heteroatoms. The fourth-order valence-corrected chi connectivity index (χ4v) is 4.00. The lowest BCUT2D eigenvalue weighted by molar-refractivity contribution is -0.146. The molecule has 1 amide bonds. The smallest absolute Gasteiger partial charge is 0.307 e. The number of anilines is 1. The fraction of sp³-hybridized carbons (Fsp3) is 0.500. The molecule has 0 radical (unpaired) electrons. The second-order valence-electron chi connectivity index (χ2n) is 7.99. The van der Waals surface area contributed by atoms with Crippen LogP contribution < -0.4 is 10.1 Å². The van der Waals surface area contributed by atoms with Gasteiger partial charge in [-0.1, -0.05) is 39.0 Å². The van der Waals surface area contributed by atoms with E-state index in [0.717, 1.165) is 12.0 Å². The Bertz CT molecular complexity index is 732. The Morgan fingerprint density at radius 1 is 1.16 bits per heavy atom. The summed E-state index contributed by atoms with van der Waals surface area (Å²) < 4.78 is 5.37. The van der Waals surface area contributed by atoms with Crippen LogP contribution in [0.25, 0.3) is 0 Å². The zero-order chi connectivity index (χ0) is 18.4. The second-order valence-corrected chi connectivity index (χ2v) is 7.99. The summed E-state index contributed by atoms with van der Waals surface area (Å²) in [7, 11) is 1.56. The van der Waals surface area contributed by atoms with Crippen molar-refractivity contribution in [2.75, 3.05) is 12.4 Å². The molecule has 0 spiro atoms. The van der Waals surface area contributed by atoms with Crippen LogP contribution in [-0.2, 0) is 15.0 Å². The van der Waals surface area contributed by atoms with Crippen molar-refractivity contribution < 1.29 is 19.4 Å². The predicted molar refractivity (Wildman–Crippen MR) is 95.7 cm³/mol. The largest absolute Gasteiger partial charge is 0.495 e. The Hall–Kier alpha value is -2.30. The van der Waals surface area contributed by atoms with E-state index < -0.39 is 17.8 Å². The van der Waals surface area contributed by atoms with Gasteiger partial charge in [0.25, 0.3) is 0 Å². The van der Waals surface area contributed by atoms with Gasteiger partial charge in [-0.15, -0.1) is 0 Å². The van der Waals surface area contributed by atoms with E-state index in [1.54, 1.807) is 7.11 Å². The third kappa shape index (κ3) is 3.15. The molecule has 1 fully saturated rings. The minimum Gasteiger partial charge on any atom is -0.495 e. The lowest BCUT2D eigenvalue weighted by Gasteiger charge is -2.25. The van der Waals surface area contributed by atoms with Crippen LogP contribution >= 0.6 is 0 Å². The van der Waals surface area contributed by atoms with E-state index >= 15 is 0 Å². The van der Waals surface area contributed by atoms with Crippen LogP contribution in [0.15, 0.2) is 30.4 Å². The van der Waals surface area contributed by atoms with E-state index in [9.17, 15) is 14.7 Å². The molecule has 0 heterocycles. The summed E-state index contributed by atoms with van der Waals surface area (Å²) in [5.74, 6) is -1.78. The van der Waals surface area contributed by atoms with Gasteiger partial charge in [-0.25, -0.2) is 0 Å². The summed E-state index contributed by atoms with van der Waals surface area (Å²) in [5, 5.41) is 12.5. The molecule has 1 saturated carbocycles. The highest BCUT2D eigenvalue weighted by molar-refractivity contribution is 5.97. The summed E-state index contributed by atoms with van der Waals surface area (Å²) in [4.78, 5) is 24.5. The first-order chi connectivity index (χ1) is 11.7. The van der Waals surface area contributed by atoms with Crippen LogP contribution in [-0.4, -0.2) is 24.1 Å². The normalized spacial score (nSPS) is 27.4. The van der Waals surface area contributed by atoms with Crippen molar-refractivity contribution in [1.29, 1.82) is 0 Å². The summed E-state index contributed by atoms with van der Waals surface area (Å²) in [6.07, 6.45) is 4.67. The van der Waals surface area contributed by atoms with Gasteiger partial charge in [0, 0.05) is 0 Å². The van der Waals surface area contributed by atoms with Gasteiger partial charge in [-0.2, -0.15) is 0 Å². The Labute approximate surface area is 148 Å². The van der Waals surface area contributed by atoms with Gasteiger partial charge >= 0.3 is 5.97 Å². The Morgan fingerprint density at radius 3 is 2.36 bits per heavy atom. The molecule has 0 aliphatic heterocycles. The zero-order valence-electron chi connectivity index (χ0n) is 15.1. The molecule has 25 heavy (non-hydrogen) atoms. The molecule has 0 aromatic heterocycles. The molecule has 2 N–H and O–H groups in total. The van der Waals surface area contributed by atoms with Gasteiger partial charge < -0.3 is 15.2 Å². The van der Waals surface area contributed by atoms with E-state index in [0.29, 0.717) is 11.4 Å². The molecular formula is C20H25NO4. The molecule has 2 aliphatic rings.